The molecule has 2 N–H and O–H groups in total. The maximum absolute atomic E-state index is 13.7. The molecule has 1 fully saturated rings. The van der Waals surface area contributed by atoms with Crippen LogP contribution in [0, 0.1) is 0 Å². The fourth-order valence-corrected chi connectivity index (χ4v) is 7.92. The zero-order chi connectivity index (χ0) is 40.0. The van der Waals surface area contributed by atoms with Crippen molar-refractivity contribution in [1.82, 2.24) is 4.90 Å². The van der Waals surface area contributed by atoms with Crippen molar-refractivity contribution in [3.8, 4) is 11.5 Å². The highest BCUT2D eigenvalue weighted by atomic mass is 16.5. The third kappa shape index (κ3) is 10.3. The van der Waals surface area contributed by atoms with Crippen molar-refractivity contribution < 1.29 is 29.3 Å². The number of phenols is 2. The van der Waals surface area contributed by atoms with E-state index in [-0.39, 0.29) is 63.8 Å². The zero-order valence-electron chi connectivity index (χ0n) is 35.7. The van der Waals surface area contributed by atoms with Crippen LogP contribution in [0.4, 0.5) is 0 Å². The second-order valence-electron chi connectivity index (χ2n) is 20.7. The molecule has 1 saturated heterocycles. The van der Waals surface area contributed by atoms with E-state index in [1.165, 1.54) is 0 Å². The van der Waals surface area contributed by atoms with Crippen molar-refractivity contribution in [2.24, 2.45) is 0 Å². The first-order valence-electron chi connectivity index (χ1n) is 19.2. The highest BCUT2D eigenvalue weighted by molar-refractivity contribution is 5.78. The molecule has 0 aromatic heterocycles. The van der Waals surface area contributed by atoms with E-state index in [9.17, 15) is 19.8 Å². The average molecular weight is 722 g/mol. The molecule has 0 saturated carbocycles. The molecule has 3 rings (SSSR count). The summed E-state index contributed by atoms with van der Waals surface area (Å²) in [6.45, 7) is 36.4. The number of hydrogen-bond acceptors (Lipinski definition) is 7. The summed E-state index contributed by atoms with van der Waals surface area (Å²) in [5.41, 5.74) is 3.64. The first-order chi connectivity index (χ1) is 23.4. The minimum absolute atomic E-state index is 0.233. The van der Waals surface area contributed by atoms with Crippen LogP contribution in [0.15, 0.2) is 24.3 Å². The van der Waals surface area contributed by atoms with Gasteiger partial charge in [-0.3, -0.25) is 14.5 Å². The number of nitrogens with zero attached hydrogens (tertiary/aromatic N) is 1. The number of rotatable bonds is 9. The Morgan fingerprint density at radius 1 is 0.731 bits per heavy atom. The molecule has 2 aromatic rings. The van der Waals surface area contributed by atoms with Crippen LogP contribution in [0.5, 0.6) is 11.5 Å². The Bertz CT molecular complexity index is 1520. The van der Waals surface area contributed by atoms with Gasteiger partial charge in [0.2, 0.25) is 0 Å². The Morgan fingerprint density at radius 2 is 1.12 bits per heavy atom. The molecule has 0 spiro atoms. The van der Waals surface area contributed by atoms with Gasteiger partial charge in [-0.15, -0.1) is 0 Å². The molecule has 0 radical (unpaired) electrons. The third-order valence-corrected chi connectivity index (χ3v) is 10.8. The number of benzene rings is 2. The quantitative estimate of drug-likeness (QED) is 0.249. The summed E-state index contributed by atoms with van der Waals surface area (Å²) in [7, 11) is 0. The number of likely N-dealkylation sites (tertiary alicyclic amines) is 1. The average Bonchev–Trinajstić information content (AvgIpc) is 2.94. The molecular formula is C45H71NO6. The zero-order valence-corrected chi connectivity index (χ0v) is 35.7. The lowest BCUT2D eigenvalue weighted by Crippen LogP contribution is -2.63. The van der Waals surface area contributed by atoms with Crippen LogP contribution < -0.4 is 0 Å². The summed E-state index contributed by atoms with van der Waals surface area (Å²) in [5.74, 6) is -0.358. The van der Waals surface area contributed by atoms with Crippen molar-refractivity contribution in [2.75, 3.05) is 13.2 Å². The fourth-order valence-electron chi connectivity index (χ4n) is 7.92. The Morgan fingerprint density at radius 3 is 1.50 bits per heavy atom. The van der Waals surface area contributed by atoms with Gasteiger partial charge in [-0.05, 0) is 96.1 Å². The minimum Gasteiger partial charge on any atom is -0.507 e. The largest absolute Gasteiger partial charge is 0.507 e. The Labute approximate surface area is 315 Å². The molecule has 0 aliphatic carbocycles. The van der Waals surface area contributed by atoms with E-state index in [4.69, 9.17) is 9.47 Å². The monoisotopic (exact) mass is 722 g/mol. The van der Waals surface area contributed by atoms with Gasteiger partial charge in [-0.1, -0.05) is 107 Å². The molecule has 0 amide bonds. The van der Waals surface area contributed by atoms with Crippen LogP contribution in [-0.4, -0.2) is 57.4 Å². The van der Waals surface area contributed by atoms with E-state index < -0.39 is 5.92 Å². The molecule has 52 heavy (non-hydrogen) atoms. The van der Waals surface area contributed by atoms with Crippen LogP contribution in [0.3, 0.4) is 0 Å². The number of phenolic OH excluding ortho intramolecular Hbond substituents is 2. The standard InChI is InChI=1S/C45H71NO6/c1-28(30-24-34(42(8,9)10)38(49)35(25-30)43(11,12)13)39(50)52-31-26-44(14,15)46(45(16,17)27-31)20-21-51-36(47)19-18-29-22-32(40(2,3)4)37(48)33(23-29)41(5,6)7/h22-25,28,31,48-49H,18-21,26-27H2,1-17H3. The van der Waals surface area contributed by atoms with Crippen molar-refractivity contribution >= 4 is 11.9 Å². The second kappa shape index (κ2) is 15.0. The second-order valence-corrected chi connectivity index (χ2v) is 20.7. The maximum atomic E-state index is 13.7. The summed E-state index contributed by atoms with van der Waals surface area (Å²) in [4.78, 5) is 29.1. The van der Waals surface area contributed by atoms with Crippen molar-refractivity contribution in [3.05, 3.63) is 57.6 Å². The number of carbonyl (C=O) groups is 2. The molecule has 0 bridgehead atoms. The molecule has 1 unspecified atom stereocenters. The van der Waals surface area contributed by atoms with Gasteiger partial charge in [0, 0.05) is 36.9 Å². The summed E-state index contributed by atoms with van der Waals surface area (Å²) < 4.78 is 12.0. The van der Waals surface area contributed by atoms with Crippen LogP contribution in [0.25, 0.3) is 0 Å². The normalized spacial score (nSPS) is 17.9. The summed E-state index contributed by atoms with van der Waals surface area (Å²) >= 11 is 0. The number of carbonyl (C=O) groups excluding carboxylic acids is 2. The predicted molar refractivity (Wildman–Crippen MR) is 213 cm³/mol. The molecular weight excluding hydrogens is 650 g/mol. The van der Waals surface area contributed by atoms with Gasteiger partial charge in [-0.2, -0.15) is 0 Å². The topological polar surface area (TPSA) is 96.3 Å². The molecule has 7 heteroatoms. The van der Waals surface area contributed by atoms with Gasteiger partial charge in [0.15, 0.2) is 0 Å². The lowest BCUT2D eigenvalue weighted by atomic mass is 9.77. The Balaban J connectivity index is 1.66. The summed E-state index contributed by atoms with van der Waals surface area (Å²) in [5, 5.41) is 22.3. The van der Waals surface area contributed by atoms with Gasteiger partial charge >= 0.3 is 11.9 Å². The van der Waals surface area contributed by atoms with Gasteiger partial charge in [0.1, 0.15) is 24.2 Å². The van der Waals surface area contributed by atoms with Gasteiger partial charge in [0.25, 0.3) is 0 Å². The number of hydrogen-bond donors (Lipinski definition) is 2. The molecule has 7 nitrogen and oxygen atoms in total. The number of esters is 2. The Hall–Kier alpha value is -3.06. The van der Waals surface area contributed by atoms with Gasteiger partial charge < -0.3 is 19.7 Å². The molecule has 1 aliphatic rings. The summed E-state index contributed by atoms with van der Waals surface area (Å²) in [6, 6.07) is 7.98. The van der Waals surface area contributed by atoms with Gasteiger partial charge in [-0.25, -0.2) is 0 Å². The number of aromatic hydroxyl groups is 2. The fraction of sp³-hybridized carbons (Fsp3) is 0.689. The van der Waals surface area contributed by atoms with E-state index in [1.807, 2.05) is 31.2 Å². The maximum Gasteiger partial charge on any atom is 0.313 e. The van der Waals surface area contributed by atoms with Crippen LogP contribution in [-0.2, 0) is 47.1 Å². The first kappa shape index (κ1) is 43.3. The smallest absolute Gasteiger partial charge is 0.313 e. The molecule has 1 heterocycles. The van der Waals surface area contributed by atoms with Crippen LogP contribution in [0.2, 0.25) is 0 Å². The first-order valence-corrected chi connectivity index (χ1v) is 19.2. The van der Waals surface area contributed by atoms with Gasteiger partial charge in [0.05, 0.1) is 5.92 Å². The third-order valence-electron chi connectivity index (χ3n) is 10.8. The lowest BCUT2D eigenvalue weighted by Gasteiger charge is -2.54. The highest BCUT2D eigenvalue weighted by Gasteiger charge is 2.46. The van der Waals surface area contributed by atoms with E-state index in [2.05, 4.69) is 116 Å². The van der Waals surface area contributed by atoms with Crippen LogP contribution >= 0.6 is 0 Å². The molecule has 1 aliphatic heterocycles. The highest BCUT2D eigenvalue weighted by Crippen LogP contribution is 2.43. The van der Waals surface area contributed by atoms with Crippen LogP contribution in [0.1, 0.15) is 176 Å². The van der Waals surface area contributed by atoms with E-state index in [0.29, 0.717) is 37.3 Å². The molecule has 292 valence electrons. The molecule has 2 aromatic carbocycles. The van der Waals surface area contributed by atoms with E-state index >= 15 is 0 Å². The van der Waals surface area contributed by atoms with E-state index in [0.717, 1.165) is 33.4 Å². The number of ether oxygens (including phenoxy) is 2. The summed E-state index contributed by atoms with van der Waals surface area (Å²) in [6.07, 6.45) is 1.85. The van der Waals surface area contributed by atoms with Crippen molar-refractivity contribution in [1.29, 1.82) is 0 Å². The Kier molecular flexibility index (Phi) is 12.5. The lowest BCUT2D eigenvalue weighted by molar-refractivity contribution is -0.164. The minimum atomic E-state index is -0.492. The van der Waals surface area contributed by atoms with Crippen molar-refractivity contribution in [2.45, 2.75) is 188 Å². The van der Waals surface area contributed by atoms with E-state index in [1.54, 1.807) is 0 Å². The SMILES string of the molecule is CC(C(=O)OC1CC(C)(C)N(CCOC(=O)CCc2cc(C(C)(C)C)c(O)c(C(C)(C)C)c2)C(C)(C)C1)c1cc(C(C)(C)C)c(O)c(C(C)(C)C)c1. The van der Waals surface area contributed by atoms with Crippen molar-refractivity contribution in [3.63, 3.8) is 0 Å². The number of aryl methyl sites for hydroxylation is 1. The molecule has 1 atom stereocenters. The predicted octanol–water partition coefficient (Wildman–Crippen LogP) is 10.1. The number of piperidine rings is 1.